The van der Waals surface area contributed by atoms with Crippen molar-refractivity contribution >= 4 is 18.0 Å². The number of hydrogen-bond acceptors (Lipinski definition) is 6. The standard InChI is InChI=1S/C33H40N2O5/c1-20(2)17-35(30(37)10-7-22-11-14-38-19-22)26-9-8-25-27-15-23-5-4-6-28-31(23)33(25,32(26)40-28)12-13-34(27)18-24-16-29(24)39-21(3)36/h4-7,10-11,14,19-20,24-27,29,32H,8-9,12-13,15-18H2,1-3H3/t24?,25-,26+,27+,29?,32-,33-/m0/s1. The van der Waals surface area contributed by atoms with E-state index in [4.69, 9.17) is 13.9 Å². The molecule has 40 heavy (non-hydrogen) atoms. The molecule has 2 unspecified atom stereocenters. The van der Waals surface area contributed by atoms with E-state index in [2.05, 4.69) is 41.8 Å². The molecule has 3 aliphatic carbocycles. The predicted octanol–water partition coefficient (Wildman–Crippen LogP) is 4.84. The van der Waals surface area contributed by atoms with Crippen LogP contribution in [0.25, 0.3) is 6.08 Å². The van der Waals surface area contributed by atoms with Gasteiger partial charge >= 0.3 is 5.97 Å². The third-order valence-electron chi connectivity index (χ3n) is 10.2. The molecule has 2 aliphatic heterocycles. The van der Waals surface area contributed by atoms with Gasteiger partial charge in [-0.2, -0.15) is 0 Å². The summed E-state index contributed by atoms with van der Waals surface area (Å²) in [4.78, 5) is 30.0. The number of hydrogen-bond donors (Lipinski definition) is 0. The summed E-state index contributed by atoms with van der Waals surface area (Å²) >= 11 is 0. The molecule has 1 spiro atoms. The van der Waals surface area contributed by atoms with E-state index in [0.717, 1.165) is 56.5 Å². The predicted molar refractivity (Wildman–Crippen MR) is 151 cm³/mol. The number of carbonyl (C=O) groups is 2. The van der Waals surface area contributed by atoms with E-state index in [9.17, 15) is 9.59 Å². The first-order valence-corrected chi connectivity index (χ1v) is 15.1. The minimum Gasteiger partial charge on any atom is -0.487 e. The molecule has 1 aromatic heterocycles. The third kappa shape index (κ3) is 4.20. The van der Waals surface area contributed by atoms with Gasteiger partial charge in [-0.1, -0.05) is 26.0 Å². The molecule has 7 nitrogen and oxygen atoms in total. The van der Waals surface area contributed by atoms with Crippen molar-refractivity contribution in [2.24, 2.45) is 17.8 Å². The Labute approximate surface area is 236 Å². The number of rotatable bonds is 8. The van der Waals surface area contributed by atoms with Crippen LogP contribution in [0.3, 0.4) is 0 Å². The fourth-order valence-electron chi connectivity index (χ4n) is 8.60. The van der Waals surface area contributed by atoms with Crippen LogP contribution in [0.4, 0.5) is 0 Å². The SMILES string of the molecule is CC(=O)OC1CC1CN1CC[C@]23c4c5cccc4O[C@H]2[C@H](N(CC(C)C)C(=O)C=Cc2ccoc2)CC[C@H]3[C@H]1C5. The summed E-state index contributed by atoms with van der Waals surface area (Å²) in [6.07, 6.45) is 12.0. The van der Waals surface area contributed by atoms with Gasteiger partial charge in [-0.15, -0.1) is 0 Å². The van der Waals surface area contributed by atoms with E-state index in [0.29, 0.717) is 30.3 Å². The summed E-state index contributed by atoms with van der Waals surface area (Å²) in [7, 11) is 0. The van der Waals surface area contributed by atoms with Gasteiger partial charge in [0.2, 0.25) is 5.91 Å². The van der Waals surface area contributed by atoms with Gasteiger partial charge < -0.3 is 18.8 Å². The van der Waals surface area contributed by atoms with Gasteiger partial charge in [-0.05, 0) is 74.3 Å². The molecule has 212 valence electrons. The van der Waals surface area contributed by atoms with Gasteiger partial charge in [0.15, 0.2) is 0 Å². The average Bonchev–Trinajstić information content (AvgIpc) is 3.29. The topological polar surface area (TPSA) is 72.2 Å². The van der Waals surface area contributed by atoms with E-state index in [1.807, 2.05) is 12.1 Å². The monoisotopic (exact) mass is 544 g/mol. The van der Waals surface area contributed by atoms with Crippen LogP contribution in [0.5, 0.6) is 5.75 Å². The summed E-state index contributed by atoms with van der Waals surface area (Å²) in [5.41, 5.74) is 3.68. The maximum atomic E-state index is 13.8. The van der Waals surface area contributed by atoms with Crippen LogP contribution in [-0.2, 0) is 26.2 Å². The maximum Gasteiger partial charge on any atom is 0.302 e. The lowest BCUT2D eigenvalue weighted by atomic mass is 9.51. The highest BCUT2D eigenvalue weighted by Crippen LogP contribution is 2.63. The molecule has 0 radical (unpaired) electrons. The molecule has 2 bridgehead atoms. The number of piperidine rings is 1. The van der Waals surface area contributed by atoms with E-state index >= 15 is 0 Å². The van der Waals surface area contributed by atoms with Gasteiger partial charge in [0.1, 0.15) is 18.0 Å². The molecule has 3 heterocycles. The molecule has 2 saturated carbocycles. The highest BCUT2D eigenvalue weighted by molar-refractivity contribution is 5.92. The first kappa shape index (κ1) is 25.9. The van der Waals surface area contributed by atoms with Crippen molar-refractivity contribution in [1.82, 2.24) is 9.80 Å². The van der Waals surface area contributed by atoms with Gasteiger partial charge in [-0.25, -0.2) is 0 Å². The molecule has 7 atom stereocenters. The zero-order valence-electron chi connectivity index (χ0n) is 23.8. The third-order valence-corrected chi connectivity index (χ3v) is 10.2. The van der Waals surface area contributed by atoms with Crippen LogP contribution in [0.15, 0.2) is 47.3 Å². The summed E-state index contributed by atoms with van der Waals surface area (Å²) in [5.74, 6) is 2.21. The number of ether oxygens (including phenoxy) is 2. The molecular weight excluding hydrogens is 504 g/mol. The minimum atomic E-state index is -0.173. The summed E-state index contributed by atoms with van der Waals surface area (Å²) in [6.45, 7) is 8.59. The second-order valence-electron chi connectivity index (χ2n) is 13.1. The zero-order valence-corrected chi connectivity index (χ0v) is 23.8. The molecule has 7 heteroatoms. The number of likely N-dealkylation sites (tertiary alicyclic amines) is 1. The van der Waals surface area contributed by atoms with Crippen molar-refractivity contribution in [3.05, 3.63) is 59.6 Å². The summed E-state index contributed by atoms with van der Waals surface area (Å²) in [5, 5.41) is 0. The van der Waals surface area contributed by atoms with Gasteiger partial charge in [0.05, 0.1) is 18.6 Å². The number of benzene rings is 1. The number of furan rings is 1. The van der Waals surface area contributed by atoms with Crippen LogP contribution in [0.1, 0.15) is 63.1 Å². The molecule has 5 aliphatic rings. The molecule has 1 saturated heterocycles. The fraction of sp³-hybridized carbons (Fsp3) is 0.576. The average molecular weight is 545 g/mol. The number of carbonyl (C=O) groups excluding carboxylic acids is 2. The van der Waals surface area contributed by atoms with Crippen molar-refractivity contribution in [3.8, 4) is 5.75 Å². The smallest absolute Gasteiger partial charge is 0.302 e. The Hall–Kier alpha value is -3.06. The lowest BCUT2D eigenvalue weighted by Crippen LogP contribution is -2.69. The summed E-state index contributed by atoms with van der Waals surface area (Å²) < 4.78 is 17.6. The maximum absolute atomic E-state index is 13.8. The van der Waals surface area contributed by atoms with Crippen molar-refractivity contribution in [1.29, 1.82) is 0 Å². The van der Waals surface area contributed by atoms with E-state index in [1.165, 1.54) is 18.1 Å². The highest BCUT2D eigenvalue weighted by Gasteiger charge is 2.66. The normalized spacial score (nSPS) is 33.5. The fourth-order valence-corrected chi connectivity index (χ4v) is 8.60. The molecule has 7 rings (SSSR count). The Balaban J connectivity index is 1.19. The number of nitrogens with zero attached hydrogens (tertiary/aromatic N) is 2. The number of amides is 1. The van der Waals surface area contributed by atoms with Crippen LogP contribution < -0.4 is 4.74 Å². The quantitative estimate of drug-likeness (QED) is 0.350. The van der Waals surface area contributed by atoms with Crippen LogP contribution in [0, 0.1) is 17.8 Å². The second kappa shape index (κ2) is 9.79. The lowest BCUT2D eigenvalue weighted by Gasteiger charge is -2.60. The minimum absolute atomic E-state index is 0.0301. The molecule has 1 aromatic carbocycles. The first-order chi connectivity index (χ1) is 19.3. The van der Waals surface area contributed by atoms with Crippen molar-refractivity contribution in [2.45, 2.75) is 82.6 Å². The zero-order chi connectivity index (χ0) is 27.6. The van der Waals surface area contributed by atoms with Crippen LogP contribution in [0.2, 0.25) is 0 Å². The Bertz CT molecular complexity index is 1320. The van der Waals surface area contributed by atoms with Crippen molar-refractivity contribution < 1.29 is 23.5 Å². The van der Waals surface area contributed by atoms with Crippen molar-refractivity contribution in [2.75, 3.05) is 19.6 Å². The molecular formula is C33H40N2O5. The lowest BCUT2D eigenvalue weighted by molar-refractivity contribution is -0.142. The Morgan fingerprint density at radius 1 is 1.25 bits per heavy atom. The summed E-state index contributed by atoms with van der Waals surface area (Å²) in [6, 6.07) is 8.93. The molecule has 1 amide bonds. The van der Waals surface area contributed by atoms with E-state index in [1.54, 1.807) is 18.6 Å². The Morgan fingerprint density at radius 2 is 2.12 bits per heavy atom. The van der Waals surface area contributed by atoms with Crippen molar-refractivity contribution in [3.63, 3.8) is 0 Å². The Kier molecular flexibility index (Phi) is 6.33. The highest BCUT2D eigenvalue weighted by atomic mass is 16.5. The van der Waals surface area contributed by atoms with Gasteiger partial charge in [0.25, 0.3) is 0 Å². The van der Waals surface area contributed by atoms with E-state index in [-0.39, 0.29) is 35.5 Å². The van der Waals surface area contributed by atoms with Crippen LogP contribution >= 0.6 is 0 Å². The molecule has 3 fully saturated rings. The first-order valence-electron chi connectivity index (χ1n) is 15.1. The largest absolute Gasteiger partial charge is 0.487 e. The second-order valence-corrected chi connectivity index (χ2v) is 13.1. The van der Waals surface area contributed by atoms with E-state index < -0.39 is 0 Å². The van der Waals surface area contributed by atoms with Gasteiger partial charge in [0, 0.05) is 54.6 Å². The van der Waals surface area contributed by atoms with Crippen LogP contribution in [-0.4, -0.2) is 65.6 Å². The Morgan fingerprint density at radius 3 is 2.90 bits per heavy atom. The molecule has 0 N–H and O–H groups in total. The van der Waals surface area contributed by atoms with Gasteiger partial charge in [-0.3, -0.25) is 14.5 Å². The number of esters is 1. The molecule has 2 aromatic rings.